The van der Waals surface area contributed by atoms with Gasteiger partial charge < -0.3 is 5.32 Å². The van der Waals surface area contributed by atoms with E-state index >= 15 is 0 Å². The van der Waals surface area contributed by atoms with Crippen molar-refractivity contribution in [2.45, 2.75) is 6.92 Å². The number of anilines is 1. The van der Waals surface area contributed by atoms with Crippen LogP contribution in [0.5, 0.6) is 0 Å². The van der Waals surface area contributed by atoms with Gasteiger partial charge in [0.05, 0.1) is 5.69 Å². The Morgan fingerprint density at radius 3 is 2.83 bits per heavy atom. The summed E-state index contributed by atoms with van der Waals surface area (Å²) in [5.41, 5.74) is 3.90. The van der Waals surface area contributed by atoms with Crippen LogP contribution in [0.2, 0.25) is 0 Å². The van der Waals surface area contributed by atoms with Gasteiger partial charge in [-0.2, -0.15) is 0 Å². The molecule has 0 fully saturated rings. The molecule has 9 nitrogen and oxygen atoms in total. The number of hydroxylamine groups is 1. The van der Waals surface area contributed by atoms with Crippen LogP contribution in [-0.4, -0.2) is 39.9 Å². The summed E-state index contributed by atoms with van der Waals surface area (Å²) in [6.07, 6.45) is 1.58. The first-order valence-corrected chi connectivity index (χ1v) is 8.97. The number of aromatic nitrogens is 2. The fraction of sp³-hybridized carbons (Fsp3) is 0.308. The van der Waals surface area contributed by atoms with Gasteiger partial charge in [-0.1, -0.05) is 21.8 Å². The molecule has 1 aromatic heterocycles. The van der Waals surface area contributed by atoms with Crippen LogP contribution in [0.4, 0.5) is 11.5 Å². The molecule has 5 N–H and O–H groups in total. The van der Waals surface area contributed by atoms with Crippen LogP contribution in [0.15, 0.2) is 33.9 Å². The average Bonchev–Trinajstić information content (AvgIpc) is 2.92. The van der Waals surface area contributed by atoms with Crippen LogP contribution in [-0.2, 0) is 9.62 Å². The zero-order chi connectivity index (χ0) is 16.9. The molecule has 0 atom stereocenters. The van der Waals surface area contributed by atoms with Crippen LogP contribution in [0, 0.1) is 16.5 Å². The Kier molecular flexibility index (Phi) is 5.29. The average molecular weight is 337 g/mol. The topological polar surface area (TPSA) is 143 Å². The molecule has 0 aliphatic carbocycles. The Morgan fingerprint density at radius 2 is 2.17 bits per heavy atom. The Labute approximate surface area is 134 Å². The number of benzene rings is 1. The number of nitrogens with one attached hydrogen (secondary N) is 4. The van der Waals surface area contributed by atoms with Crippen molar-refractivity contribution in [3.05, 3.63) is 35.5 Å². The van der Waals surface area contributed by atoms with Gasteiger partial charge in [0.25, 0.3) is 0 Å². The highest BCUT2D eigenvalue weighted by molar-refractivity contribution is 7.92. The van der Waals surface area contributed by atoms with E-state index in [2.05, 4.69) is 20.6 Å². The molecule has 0 radical (unpaired) electrons. The lowest BCUT2D eigenvalue weighted by Gasteiger charge is -2.07. The summed E-state index contributed by atoms with van der Waals surface area (Å²) in [7, 11) is -2.11. The molecule has 2 rings (SSSR count). The van der Waals surface area contributed by atoms with E-state index < -0.39 is 9.62 Å². The summed E-state index contributed by atoms with van der Waals surface area (Å²) in [4.78, 5) is 4.28. The molecule has 0 spiro atoms. The highest BCUT2D eigenvalue weighted by Gasteiger charge is 2.16. The van der Waals surface area contributed by atoms with E-state index in [9.17, 15) is 5.21 Å². The normalized spacial score (nSPS) is 12.2. The Bertz CT molecular complexity index is 798. The first-order chi connectivity index (χ1) is 10.9. The van der Waals surface area contributed by atoms with Gasteiger partial charge in [-0.05, 0) is 34.9 Å². The molecule has 124 valence electrons. The highest BCUT2D eigenvalue weighted by atomic mass is 32.2. The monoisotopic (exact) mass is 337 g/mol. The van der Waals surface area contributed by atoms with Crippen molar-refractivity contribution in [1.29, 1.82) is 9.56 Å². The molecule has 1 aromatic carbocycles. The molecule has 0 unspecified atom stereocenters. The fourth-order valence-electron chi connectivity index (χ4n) is 1.79. The number of aryl methyl sites for hydroxylation is 1. The van der Waals surface area contributed by atoms with Crippen LogP contribution in [0.3, 0.4) is 0 Å². The molecule has 0 aliphatic rings. The van der Waals surface area contributed by atoms with Gasteiger partial charge in [0.2, 0.25) is 5.82 Å². The third-order valence-corrected chi connectivity index (χ3v) is 3.88. The van der Waals surface area contributed by atoms with Gasteiger partial charge in [0.15, 0.2) is 11.5 Å². The lowest BCUT2D eigenvalue weighted by atomic mass is 10.2. The summed E-state index contributed by atoms with van der Waals surface area (Å²) in [5.74, 6) is 0.753. The predicted molar refractivity (Wildman–Crippen MR) is 88.7 cm³/mol. The van der Waals surface area contributed by atoms with E-state index in [0.29, 0.717) is 23.8 Å². The number of hydrogen-bond donors (Lipinski definition) is 5. The largest absolute Gasteiger partial charge is 0.364 e. The standard InChI is InChI=1S/C13H19N7O2S/c1-9-4-3-5-10(8-9)17-13(18-21)11-12(20-22-19-11)16-6-7-23(2,14)15/h3-5,8,14-15,21H,6-7H2,1-2H3,(H,16,20)(H,17,18). The minimum absolute atomic E-state index is 0.0891. The highest BCUT2D eigenvalue weighted by Crippen LogP contribution is 2.17. The molecule has 0 aliphatic heterocycles. The van der Waals surface area contributed by atoms with Crippen molar-refractivity contribution in [2.75, 3.05) is 23.9 Å². The van der Waals surface area contributed by atoms with Crippen molar-refractivity contribution in [3.8, 4) is 0 Å². The molecular weight excluding hydrogens is 318 g/mol. The van der Waals surface area contributed by atoms with Crippen molar-refractivity contribution in [2.24, 2.45) is 4.99 Å². The maximum atomic E-state index is 9.33. The van der Waals surface area contributed by atoms with Crippen LogP contribution < -0.4 is 10.8 Å². The second kappa shape index (κ2) is 7.20. The van der Waals surface area contributed by atoms with E-state index in [1.165, 1.54) is 0 Å². The molecule has 1 heterocycles. The van der Waals surface area contributed by atoms with Crippen molar-refractivity contribution in [3.63, 3.8) is 0 Å². The second-order valence-corrected chi connectivity index (χ2v) is 7.67. The number of nitrogens with zero attached hydrogens (tertiary/aromatic N) is 3. The third kappa shape index (κ3) is 5.04. The quantitative estimate of drug-likeness (QED) is 0.310. The Balaban J connectivity index is 2.21. The minimum atomic E-state index is -2.11. The van der Waals surface area contributed by atoms with E-state index in [0.717, 1.165) is 5.56 Å². The first-order valence-electron chi connectivity index (χ1n) is 6.76. The van der Waals surface area contributed by atoms with Crippen LogP contribution in [0.25, 0.3) is 0 Å². The smallest absolute Gasteiger partial charge is 0.202 e. The van der Waals surface area contributed by atoms with Crippen molar-refractivity contribution in [1.82, 2.24) is 15.8 Å². The molecular formula is C13H19N7O2S. The fourth-order valence-corrected chi connectivity index (χ4v) is 2.30. The lowest BCUT2D eigenvalue weighted by molar-refractivity contribution is 0.234. The van der Waals surface area contributed by atoms with Crippen LogP contribution >= 0.6 is 0 Å². The molecule has 10 heteroatoms. The molecule has 0 amide bonds. The zero-order valence-electron chi connectivity index (χ0n) is 12.8. The maximum Gasteiger partial charge on any atom is 0.202 e. The molecule has 0 saturated heterocycles. The number of rotatable bonds is 6. The van der Waals surface area contributed by atoms with Gasteiger partial charge in [-0.15, -0.1) is 0 Å². The van der Waals surface area contributed by atoms with Crippen molar-refractivity contribution < 1.29 is 9.84 Å². The van der Waals surface area contributed by atoms with E-state index in [1.807, 2.05) is 30.6 Å². The SMILES string of the molecule is Cc1cccc(N=C(NO)c2nonc2NCCS(C)(=N)=N)c1. The number of hydrogen-bond acceptors (Lipinski definition) is 8. The third-order valence-electron chi connectivity index (χ3n) is 2.86. The molecule has 0 bridgehead atoms. The zero-order valence-corrected chi connectivity index (χ0v) is 13.6. The maximum absolute atomic E-state index is 9.33. The summed E-state index contributed by atoms with van der Waals surface area (Å²) in [6, 6.07) is 7.44. The molecule has 2 aromatic rings. The van der Waals surface area contributed by atoms with Crippen LogP contribution in [0.1, 0.15) is 11.3 Å². The van der Waals surface area contributed by atoms with Gasteiger partial charge in [-0.25, -0.2) is 9.62 Å². The second-order valence-electron chi connectivity index (χ2n) is 5.09. The van der Waals surface area contributed by atoms with E-state index in [4.69, 9.17) is 14.2 Å². The summed E-state index contributed by atoms with van der Waals surface area (Å²) in [5, 5.41) is 19.7. The predicted octanol–water partition coefficient (Wildman–Crippen LogP) is 2.16. The summed E-state index contributed by atoms with van der Waals surface area (Å²) < 4.78 is 19.8. The number of amidine groups is 1. The van der Waals surface area contributed by atoms with Gasteiger partial charge in [0, 0.05) is 18.6 Å². The first kappa shape index (κ1) is 16.9. The molecule has 23 heavy (non-hydrogen) atoms. The van der Waals surface area contributed by atoms with Gasteiger partial charge >= 0.3 is 0 Å². The van der Waals surface area contributed by atoms with Gasteiger partial charge in [0.1, 0.15) is 0 Å². The Hall–Kier alpha value is -2.46. The number of aliphatic imine (C=N–C) groups is 1. The lowest BCUT2D eigenvalue weighted by Crippen LogP contribution is -2.23. The van der Waals surface area contributed by atoms with Gasteiger partial charge in [-0.3, -0.25) is 20.2 Å². The minimum Gasteiger partial charge on any atom is -0.364 e. The Morgan fingerprint density at radius 1 is 1.39 bits per heavy atom. The van der Waals surface area contributed by atoms with Crippen molar-refractivity contribution >= 4 is 27.0 Å². The van der Waals surface area contributed by atoms with E-state index in [-0.39, 0.29) is 11.5 Å². The van der Waals surface area contributed by atoms with E-state index in [1.54, 1.807) is 12.3 Å². The summed E-state index contributed by atoms with van der Waals surface area (Å²) in [6.45, 7) is 2.32. The molecule has 0 saturated carbocycles. The summed E-state index contributed by atoms with van der Waals surface area (Å²) >= 11 is 0.